The molecule has 178 valence electrons. The highest BCUT2D eigenvalue weighted by atomic mass is 35.5. The average molecular weight is 501 g/mol. The molecule has 1 aliphatic carbocycles. The van der Waals surface area contributed by atoms with Crippen LogP contribution in [0.2, 0.25) is 5.02 Å². The Morgan fingerprint density at radius 1 is 1.03 bits per heavy atom. The van der Waals surface area contributed by atoms with Gasteiger partial charge in [0.1, 0.15) is 4.90 Å². The summed E-state index contributed by atoms with van der Waals surface area (Å²) < 4.78 is 37.4. The highest BCUT2D eigenvalue weighted by Crippen LogP contribution is 2.51. The van der Waals surface area contributed by atoms with Crippen LogP contribution in [0.3, 0.4) is 0 Å². The lowest BCUT2D eigenvalue weighted by atomic mass is 9.94. The number of fused-ring (bicyclic) bond motifs is 1. The lowest BCUT2D eigenvalue weighted by Crippen LogP contribution is -2.27. The fraction of sp³-hybridized carbons (Fsp3) is 0.240. The van der Waals surface area contributed by atoms with Crippen LogP contribution in [0.4, 0.5) is 5.69 Å². The summed E-state index contributed by atoms with van der Waals surface area (Å²) in [4.78, 5) is 13.3. The van der Waals surface area contributed by atoms with Gasteiger partial charge in [0.2, 0.25) is 22.7 Å². The minimum absolute atomic E-state index is 0. The van der Waals surface area contributed by atoms with Crippen molar-refractivity contribution >= 4 is 33.2 Å². The zero-order chi connectivity index (χ0) is 24.1. The highest BCUT2D eigenvalue weighted by Gasteiger charge is 2.51. The summed E-state index contributed by atoms with van der Waals surface area (Å²) in [6, 6.07) is 16.1. The number of halogens is 1. The van der Waals surface area contributed by atoms with Gasteiger partial charge in [-0.2, -0.15) is 0 Å². The van der Waals surface area contributed by atoms with Crippen LogP contribution in [0.15, 0.2) is 59.5 Å². The Hall–Kier alpha value is -3.07. The van der Waals surface area contributed by atoms with Crippen LogP contribution < -0.4 is 19.5 Å². The van der Waals surface area contributed by atoms with Gasteiger partial charge in [-0.3, -0.25) is 4.79 Å². The zero-order valence-corrected chi connectivity index (χ0v) is 20.2. The van der Waals surface area contributed by atoms with Crippen LogP contribution >= 0.6 is 11.6 Å². The maximum Gasteiger partial charge on any atom is 0.241 e. The van der Waals surface area contributed by atoms with Crippen molar-refractivity contribution in [3.8, 4) is 22.6 Å². The molecule has 0 radical (unpaired) electrons. The Bertz CT molecular complexity index is 1420. The number of benzene rings is 3. The van der Waals surface area contributed by atoms with Gasteiger partial charge in [-0.25, -0.2) is 13.1 Å². The topological polar surface area (TPSA) is 93.7 Å². The molecule has 3 aromatic carbocycles. The molecule has 0 bridgehead atoms. The first-order chi connectivity index (χ1) is 16.2. The molecule has 1 heterocycles. The van der Waals surface area contributed by atoms with Crippen molar-refractivity contribution in [2.24, 2.45) is 0 Å². The molecule has 3 aromatic rings. The Labute approximate surface area is 204 Å². The molecule has 0 unspecified atom stereocenters. The number of rotatable bonds is 6. The van der Waals surface area contributed by atoms with Gasteiger partial charge in [0.05, 0.1) is 10.4 Å². The number of carbonyl (C=O) groups is 1. The Morgan fingerprint density at radius 3 is 2.50 bits per heavy atom. The molecule has 2 aliphatic rings. The van der Waals surface area contributed by atoms with Gasteiger partial charge in [-0.15, -0.1) is 0 Å². The van der Waals surface area contributed by atoms with E-state index in [1.54, 1.807) is 12.1 Å². The summed E-state index contributed by atoms with van der Waals surface area (Å²) in [6.07, 6.45) is 1.52. The third-order valence-corrected chi connectivity index (χ3v) is 8.30. The van der Waals surface area contributed by atoms with Crippen molar-refractivity contribution in [3.05, 3.63) is 70.7 Å². The first-order valence-corrected chi connectivity index (χ1v) is 12.7. The van der Waals surface area contributed by atoms with E-state index >= 15 is 0 Å². The molecule has 0 atom stereocenters. The average Bonchev–Trinajstić information content (AvgIpc) is 3.51. The molecule has 34 heavy (non-hydrogen) atoms. The summed E-state index contributed by atoms with van der Waals surface area (Å²) in [5.41, 5.74) is 3.55. The summed E-state index contributed by atoms with van der Waals surface area (Å²) in [5.74, 6) is 1.28. The number of aryl methyl sites for hydroxylation is 1. The molecule has 1 saturated carbocycles. The normalized spacial score (nSPS) is 15.7. The fourth-order valence-electron chi connectivity index (χ4n) is 4.22. The van der Waals surface area contributed by atoms with Crippen molar-refractivity contribution in [1.82, 2.24) is 4.72 Å². The molecular weight excluding hydrogens is 476 g/mol. The highest BCUT2D eigenvalue weighted by molar-refractivity contribution is 7.89. The second-order valence-electron chi connectivity index (χ2n) is 8.49. The van der Waals surface area contributed by atoms with Gasteiger partial charge < -0.3 is 14.8 Å². The monoisotopic (exact) mass is 500 g/mol. The van der Waals surface area contributed by atoms with E-state index in [1.807, 2.05) is 43.3 Å². The predicted octanol–water partition coefficient (Wildman–Crippen LogP) is 4.87. The van der Waals surface area contributed by atoms with Crippen LogP contribution in [-0.2, 0) is 20.2 Å². The molecule has 0 spiro atoms. The lowest BCUT2D eigenvalue weighted by molar-refractivity contribution is -0.118. The molecule has 0 aromatic heterocycles. The second-order valence-corrected chi connectivity index (χ2v) is 10.7. The van der Waals surface area contributed by atoms with E-state index in [9.17, 15) is 13.2 Å². The van der Waals surface area contributed by atoms with Crippen molar-refractivity contribution in [2.75, 3.05) is 19.2 Å². The third-order valence-electron chi connectivity index (χ3n) is 6.41. The van der Waals surface area contributed by atoms with Gasteiger partial charge in [-0.05, 0) is 85.5 Å². The van der Waals surface area contributed by atoms with E-state index in [0.717, 1.165) is 35.1 Å². The minimum atomic E-state index is -3.66. The Balaban J connectivity index is 0.00000289. The Kier molecular flexibility index (Phi) is 5.55. The number of hydrogen-bond acceptors (Lipinski definition) is 5. The fourth-order valence-corrected chi connectivity index (χ4v) is 5.49. The van der Waals surface area contributed by atoms with Crippen molar-refractivity contribution in [3.63, 3.8) is 0 Å². The zero-order valence-electron chi connectivity index (χ0n) is 18.6. The number of carbonyl (C=O) groups excluding carboxylic acids is 1. The van der Waals surface area contributed by atoms with E-state index in [0.29, 0.717) is 17.2 Å². The second kappa shape index (κ2) is 8.30. The van der Waals surface area contributed by atoms with Crippen LogP contribution in [-0.4, -0.2) is 28.2 Å². The van der Waals surface area contributed by atoms with Gasteiger partial charge in [-0.1, -0.05) is 29.8 Å². The molecule has 0 saturated heterocycles. The van der Waals surface area contributed by atoms with E-state index in [2.05, 4.69) is 10.0 Å². The number of ether oxygens (including phenoxy) is 2. The molecule has 7 nitrogen and oxygen atoms in total. The summed E-state index contributed by atoms with van der Waals surface area (Å²) in [7, 11) is -2.32. The van der Waals surface area contributed by atoms with Crippen molar-refractivity contribution < 1.29 is 24.1 Å². The molecule has 2 N–H and O–H groups in total. The summed E-state index contributed by atoms with van der Waals surface area (Å²) in [5, 5.41) is 3.18. The smallest absolute Gasteiger partial charge is 0.241 e. The van der Waals surface area contributed by atoms with Crippen LogP contribution in [0.25, 0.3) is 11.1 Å². The van der Waals surface area contributed by atoms with E-state index < -0.39 is 15.4 Å². The lowest BCUT2D eigenvalue weighted by Gasteiger charge is -2.17. The molecule has 1 amide bonds. The van der Waals surface area contributed by atoms with Gasteiger partial charge in [0.25, 0.3) is 0 Å². The first-order valence-electron chi connectivity index (χ1n) is 10.8. The predicted molar refractivity (Wildman–Crippen MR) is 132 cm³/mol. The number of sulfonamides is 1. The summed E-state index contributed by atoms with van der Waals surface area (Å²) in [6.45, 7) is 2.14. The van der Waals surface area contributed by atoms with Crippen LogP contribution in [0.5, 0.6) is 11.5 Å². The number of nitrogens with one attached hydrogen (secondary N) is 2. The van der Waals surface area contributed by atoms with Crippen molar-refractivity contribution in [2.45, 2.75) is 30.1 Å². The Morgan fingerprint density at radius 2 is 1.79 bits per heavy atom. The van der Waals surface area contributed by atoms with Gasteiger partial charge in [0.15, 0.2) is 11.5 Å². The quantitative estimate of drug-likeness (QED) is 0.503. The first kappa shape index (κ1) is 22.7. The maximum absolute atomic E-state index is 13.3. The van der Waals surface area contributed by atoms with E-state index in [4.69, 9.17) is 21.1 Å². The van der Waals surface area contributed by atoms with Gasteiger partial charge in [0, 0.05) is 7.11 Å². The molecule has 5 rings (SSSR count). The maximum atomic E-state index is 13.3. The third kappa shape index (κ3) is 3.91. The molecule has 9 heteroatoms. The molecule has 1 fully saturated rings. The molecular formula is C25H25ClN2O5S. The molecule has 1 aliphatic heterocycles. The van der Waals surface area contributed by atoms with E-state index in [1.165, 1.54) is 13.1 Å². The SMILES string of the molecule is CNS(=O)(=O)c1ccc(-c2cc(NC(=O)C3(c4ccc5c(c4)OCO5)CC3)ccc2C)cc1Cl.[HH]. The number of hydrogen-bond donors (Lipinski definition) is 2. The van der Waals surface area contributed by atoms with E-state index in [-0.39, 0.29) is 24.0 Å². The largest absolute Gasteiger partial charge is 0.454 e. The standard InChI is InChI=1S/C25H23ClN2O5S.H2/c1-15-3-6-18(13-19(15)16-4-8-23(20(26)11-16)34(30,31)27-2)28-24(29)25(9-10-25)17-5-7-21-22(12-17)33-14-32-21;/h3-8,11-13,27H,9-10,14H2,1-2H3,(H,28,29);1H. The van der Waals surface area contributed by atoms with Crippen LogP contribution in [0.1, 0.15) is 25.4 Å². The number of amides is 1. The van der Waals surface area contributed by atoms with Gasteiger partial charge >= 0.3 is 0 Å². The number of anilines is 1. The summed E-state index contributed by atoms with van der Waals surface area (Å²) >= 11 is 6.29. The van der Waals surface area contributed by atoms with Crippen LogP contribution in [0, 0.1) is 6.92 Å². The van der Waals surface area contributed by atoms with Crippen molar-refractivity contribution in [1.29, 1.82) is 0 Å². The minimum Gasteiger partial charge on any atom is -0.454 e.